The van der Waals surface area contributed by atoms with E-state index in [0.29, 0.717) is 23.3 Å². The number of halogens is 2. The summed E-state index contributed by atoms with van der Waals surface area (Å²) in [6.45, 7) is 3.31. The molecule has 1 amide bonds. The lowest BCUT2D eigenvalue weighted by atomic mass is 10.1. The van der Waals surface area contributed by atoms with Gasteiger partial charge in [-0.15, -0.1) is 11.3 Å². The fraction of sp³-hybridized carbons (Fsp3) is 0.474. The molecule has 3 rings (SSSR count). The zero-order valence-electron chi connectivity index (χ0n) is 16.0. The molecule has 158 valence electrons. The summed E-state index contributed by atoms with van der Waals surface area (Å²) < 4.78 is 29.6. The first kappa shape index (κ1) is 22.3. The second kappa shape index (κ2) is 8.79. The number of carbonyl (C=O) groups excluding carboxylic acids is 2. The van der Waals surface area contributed by atoms with Crippen LogP contribution in [0.25, 0.3) is 10.1 Å². The molecule has 2 unspecified atom stereocenters. The summed E-state index contributed by atoms with van der Waals surface area (Å²) in [5, 5.41) is 1.48. The Morgan fingerprint density at radius 3 is 2.69 bits per heavy atom. The number of sulfone groups is 1. The van der Waals surface area contributed by atoms with Crippen LogP contribution in [0.2, 0.25) is 10.0 Å². The number of carbonyl (C=O) groups is 2. The van der Waals surface area contributed by atoms with Crippen molar-refractivity contribution in [1.29, 1.82) is 0 Å². The van der Waals surface area contributed by atoms with Gasteiger partial charge < -0.3 is 9.64 Å². The van der Waals surface area contributed by atoms with Gasteiger partial charge in [-0.25, -0.2) is 13.2 Å². The van der Waals surface area contributed by atoms with E-state index in [9.17, 15) is 18.0 Å². The van der Waals surface area contributed by atoms with Crippen molar-refractivity contribution in [2.24, 2.45) is 0 Å². The highest BCUT2D eigenvalue weighted by atomic mass is 35.5. The lowest BCUT2D eigenvalue weighted by Gasteiger charge is -2.33. The number of hydrogen-bond donors (Lipinski definition) is 0. The van der Waals surface area contributed by atoms with Crippen molar-refractivity contribution in [3.8, 4) is 0 Å². The van der Waals surface area contributed by atoms with Crippen molar-refractivity contribution < 1.29 is 22.7 Å². The largest absolute Gasteiger partial charge is 0.451 e. The molecule has 0 radical (unpaired) electrons. The molecule has 0 N–H and O–H groups in total. The maximum atomic E-state index is 12.8. The predicted octanol–water partition coefficient (Wildman–Crippen LogP) is 4.18. The smallest absolute Gasteiger partial charge is 0.350 e. The van der Waals surface area contributed by atoms with Crippen LogP contribution >= 0.6 is 34.5 Å². The summed E-state index contributed by atoms with van der Waals surface area (Å²) in [5.74, 6) is -1.09. The van der Waals surface area contributed by atoms with Crippen molar-refractivity contribution in [2.75, 3.05) is 18.1 Å². The van der Waals surface area contributed by atoms with Gasteiger partial charge in [0, 0.05) is 27.2 Å². The molecule has 1 aromatic heterocycles. The van der Waals surface area contributed by atoms with Crippen LogP contribution in [0.1, 0.15) is 36.4 Å². The van der Waals surface area contributed by atoms with E-state index in [1.807, 2.05) is 13.8 Å². The van der Waals surface area contributed by atoms with Gasteiger partial charge in [-0.05, 0) is 31.9 Å². The van der Waals surface area contributed by atoms with Crippen molar-refractivity contribution in [3.05, 3.63) is 33.1 Å². The molecule has 2 aromatic rings. The van der Waals surface area contributed by atoms with E-state index < -0.39 is 34.4 Å². The van der Waals surface area contributed by atoms with Gasteiger partial charge in [0.1, 0.15) is 4.88 Å². The minimum atomic E-state index is -3.14. The third-order valence-corrected chi connectivity index (χ3v) is 8.68. The van der Waals surface area contributed by atoms with Gasteiger partial charge >= 0.3 is 5.97 Å². The third kappa shape index (κ3) is 4.87. The first-order valence-corrected chi connectivity index (χ1v) is 12.6. The monoisotopic (exact) mass is 477 g/mol. The molecule has 0 aliphatic carbocycles. The molecule has 2 heterocycles. The Balaban J connectivity index is 1.72. The van der Waals surface area contributed by atoms with Crippen molar-refractivity contribution in [2.45, 2.75) is 38.8 Å². The summed E-state index contributed by atoms with van der Waals surface area (Å²) in [6.07, 6.45) is 1.06. The third-order valence-electron chi connectivity index (χ3n) is 5.06. The molecule has 0 bridgehead atoms. The minimum Gasteiger partial charge on any atom is -0.451 e. The van der Waals surface area contributed by atoms with E-state index in [1.165, 1.54) is 0 Å². The first-order valence-electron chi connectivity index (χ1n) is 9.19. The van der Waals surface area contributed by atoms with E-state index in [4.69, 9.17) is 27.9 Å². The lowest BCUT2D eigenvalue weighted by molar-refractivity contribution is -0.138. The van der Waals surface area contributed by atoms with Gasteiger partial charge in [0.2, 0.25) is 0 Å². The molecule has 0 saturated carbocycles. The number of hydrogen-bond acceptors (Lipinski definition) is 6. The van der Waals surface area contributed by atoms with Crippen LogP contribution in [0.3, 0.4) is 0 Å². The van der Waals surface area contributed by atoms with Gasteiger partial charge in [0.15, 0.2) is 16.4 Å². The maximum absolute atomic E-state index is 12.8. The summed E-state index contributed by atoms with van der Waals surface area (Å²) in [6, 6.07) is 4.57. The maximum Gasteiger partial charge on any atom is 0.350 e. The Kier molecular flexibility index (Phi) is 6.77. The number of benzene rings is 1. The van der Waals surface area contributed by atoms with Crippen LogP contribution in [-0.2, 0) is 19.4 Å². The van der Waals surface area contributed by atoms with Gasteiger partial charge in [0.25, 0.3) is 5.91 Å². The Hall–Kier alpha value is -1.35. The van der Waals surface area contributed by atoms with E-state index in [0.717, 1.165) is 16.0 Å². The predicted molar refractivity (Wildman–Crippen MR) is 116 cm³/mol. The molecular weight excluding hydrogens is 457 g/mol. The molecule has 1 saturated heterocycles. The highest BCUT2D eigenvalue weighted by Gasteiger charge is 2.37. The van der Waals surface area contributed by atoms with Crippen LogP contribution < -0.4 is 0 Å². The van der Waals surface area contributed by atoms with Crippen LogP contribution in [-0.4, -0.2) is 55.4 Å². The number of nitrogens with zero attached hydrogens (tertiary/aromatic N) is 1. The lowest BCUT2D eigenvalue weighted by Crippen LogP contribution is -2.48. The normalized spacial score (nSPS) is 19.2. The molecule has 0 spiro atoms. The molecule has 1 aliphatic rings. The first-order chi connectivity index (χ1) is 13.6. The average molecular weight is 478 g/mol. The van der Waals surface area contributed by atoms with Gasteiger partial charge in [-0.3, -0.25) is 4.79 Å². The fourth-order valence-corrected chi connectivity index (χ4v) is 6.83. The number of rotatable bonds is 6. The van der Waals surface area contributed by atoms with Crippen LogP contribution in [0, 0.1) is 0 Å². The van der Waals surface area contributed by atoms with Crippen LogP contribution in [0.4, 0.5) is 0 Å². The number of fused-ring (bicyclic) bond motifs is 1. The van der Waals surface area contributed by atoms with Gasteiger partial charge in [0.05, 0.1) is 16.5 Å². The summed E-state index contributed by atoms with van der Waals surface area (Å²) in [7, 11) is -3.14. The van der Waals surface area contributed by atoms with Crippen LogP contribution in [0.5, 0.6) is 0 Å². The summed E-state index contributed by atoms with van der Waals surface area (Å²) in [5.41, 5.74) is 0. The van der Waals surface area contributed by atoms with Crippen molar-refractivity contribution in [3.63, 3.8) is 0 Å². The molecule has 29 heavy (non-hydrogen) atoms. The second-order valence-corrected chi connectivity index (χ2v) is 11.2. The summed E-state index contributed by atoms with van der Waals surface area (Å²) >= 11 is 13.4. The molecule has 1 aromatic carbocycles. The van der Waals surface area contributed by atoms with E-state index in [2.05, 4.69) is 0 Å². The fourth-order valence-electron chi connectivity index (χ4n) is 3.44. The van der Waals surface area contributed by atoms with Gasteiger partial charge in [-0.2, -0.15) is 0 Å². The highest BCUT2D eigenvalue weighted by molar-refractivity contribution is 7.91. The molecule has 2 atom stereocenters. The SMILES string of the molecule is CCC(C)N(C(=O)COC(=O)c1sc2cc(Cl)ccc2c1Cl)C1CCS(=O)(=O)C1. The van der Waals surface area contributed by atoms with Crippen LogP contribution in [0.15, 0.2) is 18.2 Å². The topological polar surface area (TPSA) is 80.8 Å². The Labute approximate surface area is 183 Å². The summed E-state index contributed by atoms with van der Waals surface area (Å²) in [4.78, 5) is 27.1. The van der Waals surface area contributed by atoms with Gasteiger partial charge in [-0.1, -0.05) is 36.2 Å². The molecular formula is C19H21Cl2NO5S2. The molecule has 6 nitrogen and oxygen atoms in total. The van der Waals surface area contributed by atoms with Crippen molar-refractivity contribution >= 4 is 66.3 Å². The van der Waals surface area contributed by atoms with E-state index >= 15 is 0 Å². The van der Waals surface area contributed by atoms with E-state index in [1.54, 1.807) is 23.1 Å². The minimum absolute atomic E-state index is 0.0556. The number of ether oxygens (including phenoxy) is 1. The zero-order valence-corrected chi connectivity index (χ0v) is 19.1. The number of amides is 1. The molecule has 1 aliphatic heterocycles. The molecule has 1 fully saturated rings. The number of thiophene rings is 1. The average Bonchev–Trinajstić information content (AvgIpc) is 3.18. The quantitative estimate of drug-likeness (QED) is 0.582. The zero-order chi connectivity index (χ0) is 21.3. The standard InChI is InChI=1S/C19H21Cl2NO5S2/c1-3-11(2)22(13-6-7-29(25,26)10-13)16(23)9-27-19(24)18-17(21)14-5-4-12(20)8-15(14)28-18/h4-5,8,11,13H,3,6-7,9-10H2,1-2H3. The Bertz CT molecular complexity index is 1050. The Morgan fingerprint density at radius 1 is 1.34 bits per heavy atom. The van der Waals surface area contributed by atoms with Crippen molar-refractivity contribution in [1.82, 2.24) is 4.90 Å². The Morgan fingerprint density at radius 2 is 2.07 bits per heavy atom. The van der Waals surface area contributed by atoms with E-state index in [-0.39, 0.29) is 27.4 Å². The number of esters is 1. The second-order valence-electron chi connectivity index (χ2n) is 7.08. The highest BCUT2D eigenvalue weighted by Crippen LogP contribution is 2.37. The molecule has 10 heteroatoms.